The number of allylic oxidation sites excluding steroid dienone is 10. The minimum atomic E-state index is -0.800. The van der Waals surface area contributed by atoms with Gasteiger partial charge < -0.3 is 14.2 Å². The highest BCUT2D eigenvalue weighted by Crippen LogP contribution is 2.17. The van der Waals surface area contributed by atoms with E-state index in [2.05, 4.69) is 81.5 Å². The van der Waals surface area contributed by atoms with Crippen molar-refractivity contribution in [1.82, 2.24) is 0 Å². The van der Waals surface area contributed by atoms with Gasteiger partial charge in [-0.1, -0.05) is 300 Å². The molecule has 0 amide bonds. The van der Waals surface area contributed by atoms with Gasteiger partial charge in [-0.2, -0.15) is 0 Å². The first-order chi connectivity index (χ1) is 35.0. The van der Waals surface area contributed by atoms with Gasteiger partial charge in [0, 0.05) is 19.3 Å². The predicted molar refractivity (Wildman–Crippen MR) is 307 cm³/mol. The lowest BCUT2D eigenvalue weighted by Crippen LogP contribution is -2.30. The minimum Gasteiger partial charge on any atom is -0.462 e. The molecule has 0 aromatic heterocycles. The van der Waals surface area contributed by atoms with Crippen molar-refractivity contribution in [3.63, 3.8) is 0 Å². The standard InChI is InChI=1S/C65H116O6/c1-4-7-10-13-16-19-22-24-26-28-29-30-31-32-33-34-35-37-38-40-43-46-49-52-55-58-64(67)70-61-62(60-69-63(66)57-54-51-48-45-42-21-18-15-12-9-6-3)71-65(68)59-56-53-50-47-44-41-39-36-27-25-23-20-17-14-11-8-5-2/h8,11,17,20,25,27,39,41,47,50,62H,4-7,9-10,12-16,18-19,21-24,26,28-38,40,42-46,48-49,51-61H2,1-3H3/b11-8-,20-17-,27-25-,41-39-,50-47-. The zero-order chi connectivity index (χ0) is 51.4. The monoisotopic (exact) mass is 993 g/mol. The van der Waals surface area contributed by atoms with Crippen molar-refractivity contribution in [2.24, 2.45) is 0 Å². The van der Waals surface area contributed by atoms with Crippen LogP contribution >= 0.6 is 0 Å². The third kappa shape index (κ3) is 57.9. The van der Waals surface area contributed by atoms with Crippen LogP contribution in [0.1, 0.15) is 316 Å². The predicted octanol–water partition coefficient (Wildman–Crippen LogP) is 20.8. The second kappa shape index (κ2) is 59.7. The Labute approximate surface area is 440 Å². The molecule has 0 saturated carbocycles. The second-order valence-electron chi connectivity index (χ2n) is 20.6. The zero-order valence-electron chi connectivity index (χ0n) is 47.2. The number of ether oxygens (including phenoxy) is 3. The maximum absolute atomic E-state index is 12.8. The minimum absolute atomic E-state index is 0.0927. The molecule has 0 aromatic carbocycles. The average Bonchev–Trinajstić information content (AvgIpc) is 3.37. The van der Waals surface area contributed by atoms with Crippen LogP contribution in [0.3, 0.4) is 0 Å². The summed E-state index contributed by atoms with van der Waals surface area (Å²) in [5.74, 6) is -0.937. The lowest BCUT2D eigenvalue weighted by Gasteiger charge is -2.18. The maximum Gasteiger partial charge on any atom is 0.306 e. The van der Waals surface area contributed by atoms with Gasteiger partial charge in [0.05, 0.1) is 0 Å². The summed E-state index contributed by atoms with van der Waals surface area (Å²) in [5, 5.41) is 0. The molecule has 0 fully saturated rings. The average molecular weight is 994 g/mol. The van der Waals surface area contributed by atoms with Crippen LogP contribution in [0.2, 0.25) is 0 Å². The van der Waals surface area contributed by atoms with E-state index < -0.39 is 6.10 Å². The van der Waals surface area contributed by atoms with Gasteiger partial charge in [0.15, 0.2) is 6.10 Å². The van der Waals surface area contributed by atoms with Gasteiger partial charge in [0.2, 0.25) is 0 Å². The molecule has 0 aromatic rings. The Hall–Kier alpha value is -2.89. The summed E-state index contributed by atoms with van der Waals surface area (Å²) >= 11 is 0. The van der Waals surface area contributed by atoms with E-state index in [-0.39, 0.29) is 37.5 Å². The Morgan fingerprint density at radius 3 is 0.845 bits per heavy atom. The quantitative estimate of drug-likeness (QED) is 0.0261. The second-order valence-corrected chi connectivity index (χ2v) is 20.6. The molecule has 0 aliphatic heterocycles. The SMILES string of the molecule is CC/C=C\C/C=C\C/C=C\C/C=C\C/C=C\CCCC(=O)OC(COC(=O)CCCCCCCCCCCCC)COC(=O)CCCCCCCCCCCCCCCCCCCCCCCCCCC. The van der Waals surface area contributed by atoms with Crippen LogP contribution < -0.4 is 0 Å². The molecule has 0 radical (unpaired) electrons. The fraction of sp³-hybridized carbons (Fsp3) is 0.800. The van der Waals surface area contributed by atoms with E-state index in [1.165, 1.54) is 193 Å². The van der Waals surface area contributed by atoms with Crippen LogP contribution in [0.5, 0.6) is 0 Å². The lowest BCUT2D eigenvalue weighted by molar-refractivity contribution is -0.167. The first-order valence-corrected chi connectivity index (χ1v) is 30.8. The molecule has 6 nitrogen and oxygen atoms in total. The molecule has 0 aliphatic rings. The Morgan fingerprint density at radius 2 is 0.549 bits per heavy atom. The van der Waals surface area contributed by atoms with Crippen molar-refractivity contribution >= 4 is 17.9 Å². The zero-order valence-corrected chi connectivity index (χ0v) is 47.2. The molecular formula is C65H116O6. The van der Waals surface area contributed by atoms with Crippen molar-refractivity contribution in [2.75, 3.05) is 13.2 Å². The Kier molecular flexibility index (Phi) is 57.2. The number of hydrogen-bond donors (Lipinski definition) is 0. The van der Waals surface area contributed by atoms with Crippen LogP contribution in [0.4, 0.5) is 0 Å². The summed E-state index contributed by atoms with van der Waals surface area (Å²) in [7, 11) is 0. The van der Waals surface area contributed by atoms with Gasteiger partial charge in [0.25, 0.3) is 0 Å². The summed E-state index contributed by atoms with van der Waals surface area (Å²) in [6.45, 7) is 6.51. The van der Waals surface area contributed by atoms with Crippen molar-refractivity contribution in [2.45, 2.75) is 322 Å². The Bertz CT molecular complexity index is 1280. The van der Waals surface area contributed by atoms with E-state index >= 15 is 0 Å². The Balaban J connectivity index is 4.27. The molecule has 0 spiro atoms. The van der Waals surface area contributed by atoms with Crippen molar-refractivity contribution < 1.29 is 28.6 Å². The third-order valence-electron chi connectivity index (χ3n) is 13.5. The summed E-state index contributed by atoms with van der Waals surface area (Å²) in [6, 6.07) is 0. The molecule has 0 heterocycles. The maximum atomic E-state index is 12.8. The lowest BCUT2D eigenvalue weighted by atomic mass is 10.0. The molecular weight excluding hydrogens is 877 g/mol. The Morgan fingerprint density at radius 1 is 0.296 bits per heavy atom. The molecule has 6 heteroatoms. The van der Waals surface area contributed by atoms with E-state index in [0.717, 1.165) is 77.0 Å². The van der Waals surface area contributed by atoms with Crippen LogP contribution in [0, 0.1) is 0 Å². The molecule has 71 heavy (non-hydrogen) atoms. The van der Waals surface area contributed by atoms with Gasteiger partial charge in [-0.3, -0.25) is 14.4 Å². The molecule has 0 saturated heterocycles. The normalized spacial score (nSPS) is 12.4. The van der Waals surface area contributed by atoms with E-state index in [1.807, 2.05) is 0 Å². The number of carbonyl (C=O) groups is 3. The molecule has 0 rings (SSSR count). The van der Waals surface area contributed by atoms with Crippen LogP contribution in [0.15, 0.2) is 60.8 Å². The molecule has 0 bridgehead atoms. The van der Waals surface area contributed by atoms with Gasteiger partial charge in [0.1, 0.15) is 13.2 Å². The summed E-state index contributed by atoms with van der Waals surface area (Å²) < 4.78 is 16.8. The number of esters is 3. The van der Waals surface area contributed by atoms with E-state index in [1.54, 1.807) is 0 Å². The highest BCUT2D eigenvalue weighted by atomic mass is 16.6. The smallest absolute Gasteiger partial charge is 0.306 e. The fourth-order valence-corrected chi connectivity index (χ4v) is 8.95. The highest BCUT2D eigenvalue weighted by molar-refractivity contribution is 5.71. The number of hydrogen-bond acceptors (Lipinski definition) is 6. The molecule has 1 atom stereocenters. The van der Waals surface area contributed by atoms with E-state index in [9.17, 15) is 14.4 Å². The van der Waals surface area contributed by atoms with Gasteiger partial charge in [-0.05, 0) is 57.8 Å². The van der Waals surface area contributed by atoms with Crippen molar-refractivity contribution in [1.29, 1.82) is 0 Å². The number of carbonyl (C=O) groups excluding carboxylic acids is 3. The van der Waals surface area contributed by atoms with Gasteiger partial charge >= 0.3 is 17.9 Å². The largest absolute Gasteiger partial charge is 0.462 e. The molecule has 412 valence electrons. The van der Waals surface area contributed by atoms with E-state index in [0.29, 0.717) is 19.3 Å². The summed E-state index contributed by atoms with van der Waals surface area (Å²) in [6.07, 6.45) is 75.3. The van der Waals surface area contributed by atoms with Gasteiger partial charge in [-0.25, -0.2) is 0 Å². The highest BCUT2D eigenvalue weighted by Gasteiger charge is 2.19. The first kappa shape index (κ1) is 68.1. The van der Waals surface area contributed by atoms with Crippen LogP contribution in [0.25, 0.3) is 0 Å². The van der Waals surface area contributed by atoms with Crippen LogP contribution in [-0.4, -0.2) is 37.2 Å². The summed E-state index contributed by atoms with van der Waals surface area (Å²) in [5.41, 5.74) is 0. The molecule has 0 N–H and O–H groups in total. The van der Waals surface area contributed by atoms with Crippen LogP contribution in [-0.2, 0) is 28.6 Å². The van der Waals surface area contributed by atoms with Gasteiger partial charge in [-0.15, -0.1) is 0 Å². The fourth-order valence-electron chi connectivity index (χ4n) is 8.95. The molecule has 1 unspecified atom stereocenters. The number of rotatable bonds is 56. The van der Waals surface area contributed by atoms with Crippen molar-refractivity contribution in [3.05, 3.63) is 60.8 Å². The van der Waals surface area contributed by atoms with E-state index in [4.69, 9.17) is 14.2 Å². The molecule has 0 aliphatic carbocycles. The summed E-state index contributed by atoms with van der Waals surface area (Å²) in [4.78, 5) is 38.1. The third-order valence-corrected chi connectivity index (χ3v) is 13.5. The van der Waals surface area contributed by atoms with Crippen molar-refractivity contribution in [3.8, 4) is 0 Å². The number of unbranched alkanes of at least 4 members (excludes halogenated alkanes) is 35. The first-order valence-electron chi connectivity index (χ1n) is 30.8. The topological polar surface area (TPSA) is 78.9 Å².